The van der Waals surface area contributed by atoms with Crippen molar-refractivity contribution < 1.29 is 14.3 Å². The third kappa shape index (κ3) is 6.20. The van der Waals surface area contributed by atoms with E-state index in [9.17, 15) is 9.59 Å². The molecule has 0 atom stereocenters. The van der Waals surface area contributed by atoms with Crippen molar-refractivity contribution >= 4 is 11.8 Å². The first kappa shape index (κ1) is 21.1. The van der Waals surface area contributed by atoms with Crippen molar-refractivity contribution in [1.29, 1.82) is 0 Å². The number of aryl methyl sites for hydroxylation is 2. The first-order valence-electron chi connectivity index (χ1n) is 9.88. The van der Waals surface area contributed by atoms with Crippen molar-refractivity contribution in [3.05, 3.63) is 77.6 Å². The summed E-state index contributed by atoms with van der Waals surface area (Å²) in [7, 11) is 0. The van der Waals surface area contributed by atoms with E-state index in [1.807, 2.05) is 48.1 Å². The molecule has 2 amide bonds. The molecule has 3 rings (SSSR count). The fourth-order valence-electron chi connectivity index (χ4n) is 3.07. The summed E-state index contributed by atoms with van der Waals surface area (Å²) in [6.07, 6.45) is 3.87. The lowest BCUT2D eigenvalue weighted by Gasteiger charge is -2.08. The summed E-state index contributed by atoms with van der Waals surface area (Å²) >= 11 is 0. The molecule has 0 aliphatic rings. The van der Waals surface area contributed by atoms with Gasteiger partial charge in [0.2, 0.25) is 5.91 Å². The number of carbonyl (C=O) groups excluding carboxylic acids is 2. The lowest BCUT2D eigenvalue weighted by Crippen LogP contribution is -2.29. The minimum atomic E-state index is -0.384. The van der Waals surface area contributed by atoms with Crippen LogP contribution in [0.25, 0.3) is 5.69 Å². The van der Waals surface area contributed by atoms with Crippen LogP contribution in [0.4, 0.5) is 0 Å². The SMILES string of the molecule is Cc1nn(-c2ccccc2)cc1CCCNC(=O)COc1ccc(CC(N)=O)cc1. The molecule has 0 saturated carbocycles. The fraction of sp³-hybridized carbons (Fsp3) is 0.261. The third-order valence-electron chi connectivity index (χ3n) is 4.64. The number of hydrogen-bond acceptors (Lipinski definition) is 4. The van der Waals surface area contributed by atoms with Crippen molar-refractivity contribution in [2.45, 2.75) is 26.2 Å². The van der Waals surface area contributed by atoms with Gasteiger partial charge in [-0.15, -0.1) is 0 Å². The van der Waals surface area contributed by atoms with E-state index in [2.05, 4.69) is 10.4 Å². The summed E-state index contributed by atoms with van der Waals surface area (Å²) in [5.74, 6) is 0.0147. The number of ether oxygens (including phenoxy) is 1. The second-order valence-electron chi connectivity index (χ2n) is 7.05. The Morgan fingerprint density at radius 1 is 1.10 bits per heavy atom. The summed E-state index contributed by atoms with van der Waals surface area (Å²) in [4.78, 5) is 22.9. The molecular weight excluding hydrogens is 380 g/mol. The van der Waals surface area contributed by atoms with E-state index in [4.69, 9.17) is 10.5 Å². The maximum atomic E-state index is 12.0. The number of rotatable bonds is 10. The molecule has 1 aromatic heterocycles. The molecule has 2 aromatic carbocycles. The van der Waals surface area contributed by atoms with Gasteiger partial charge in [-0.3, -0.25) is 9.59 Å². The van der Waals surface area contributed by atoms with Crippen molar-refractivity contribution in [2.75, 3.05) is 13.2 Å². The summed E-state index contributed by atoms with van der Waals surface area (Å²) in [5, 5.41) is 7.43. The summed E-state index contributed by atoms with van der Waals surface area (Å²) in [5.41, 5.74) is 9.16. The minimum Gasteiger partial charge on any atom is -0.484 e. The molecule has 0 spiro atoms. The lowest BCUT2D eigenvalue weighted by molar-refractivity contribution is -0.123. The topological polar surface area (TPSA) is 99.2 Å². The average molecular weight is 406 g/mol. The Morgan fingerprint density at radius 3 is 2.53 bits per heavy atom. The molecule has 0 fully saturated rings. The molecule has 0 aliphatic carbocycles. The van der Waals surface area contributed by atoms with Crippen LogP contribution in [0.2, 0.25) is 0 Å². The van der Waals surface area contributed by atoms with Crippen LogP contribution in [0.1, 0.15) is 23.2 Å². The van der Waals surface area contributed by atoms with Crippen LogP contribution in [-0.4, -0.2) is 34.7 Å². The maximum absolute atomic E-state index is 12.0. The number of carbonyl (C=O) groups is 2. The predicted octanol–water partition coefficient (Wildman–Crippen LogP) is 2.34. The van der Waals surface area contributed by atoms with Crippen LogP contribution in [0, 0.1) is 6.92 Å². The van der Waals surface area contributed by atoms with E-state index in [1.165, 1.54) is 5.56 Å². The lowest BCUT2D eigenvalue weighted by atomic mass is 10.1. The van der Waals surface area contributed by atoms with E-state index in [1.54, 1.807) is 24.3 Å². The first-order chi connectivity index (χ1) is 14.5. The highest BCUT2D eigenvalue weighted by molar-refractivity contribution is 5.77. The zero-order chi connectivity index (χ0) is 21.3. The zero-order valence-corrected chi connectivity index (χ0v) is 17.0. The van der Waals surface area contributed by atoms with E-state index in [0.29, 0.717) is 12.3 Å². The molecule has 3 aromatic rings. The number of aromatic nitrogens is 2. The van der Waals surface area contributed by atoms with E-state index >= 15 is 0 Å². The normalized spacial score (nSPS) is 10.6. The zero-order valence-electron chi connectivity index (χ0n) is 17.0. The number of para-hydroxylation sites is 1. The summed E-state index contributed by atoms with van der Waals surface area (Å²) < 4.78 is 7.35. The van der Waals surface area contributed by atoms with Gasteiger partial charge in [0.05, 0.1) is 17.8 Å². The van der Waals surface area contributed by atoms with Gasteiger partial charge < -0.3 is 15.8 Å². The molecule has 3 N–H and O–H groups in total. The van der Waals surface area contributed by atoms with Crippen LogP contribution < -0.4 is 15.8 Å². The van der Waals surface area contributed by atoms with Crippen molar-refractivity contribution in [3.63, 3.8) is 0 Å². The van der Waals surface area contributed by atoms with Gasteiger partial charge >= 0.3 is 0 Å². The Morgan fingerprint density at radius 2 is 1.83 bits per heavy atom. The summed E-state index contributed by atoms with van der Waals surface area (Å²) in [6.45, 7) is 2.51. The standard InChI is InChI=1S/C23H26N4O3/c1-17-19(15-27(26-17)20-7-3-2-4-8-20)6-5-13-25-23(29)16-30-21-11-9-18(10-12-21)14-22(24)28/h2-4,7-12,15H,5-6,13-14,16H2,1H3,(H2,24,28)(H,25,29). The van der Waals surface area contributed by atoms with Crippen molar-refractivity contribution in [3.8, 4) is 11.4 Å². The molecule has 0 aliphatic heterocycles. The van der Waals surface area contributed by atoms with Crippen LogP contribution in [0.5, 0.6) is 5.75 Å². The number of nitrogens with two attached hydrogens (primary N) is 1. The van der Waals surface area contributed by atoms with E-state index in [0.717, 1.165) is 29.8 Å². The average Bonchev–Trinajstić information content (AvgIpc) is 3.11. The van der Waals surface area contributed by atoms with E-state index < -0.39 is 0 Å². The van der Waals surface area contributed by atoms with Crippen molar-refractivity contribution in [1.82, 2.24) is 15.1 Å². The van der Waals surface area contributed by atoms with Gasteiger partial charge in [-0.2, -0.15) is 5.10 Å². The van der Waals surface area contributed by atoms with Gasteiger partial charge in [0, 0.05) is 12.7 Å². The van der Waals surface area contributed by atoms with Gasteiger partial charge in [-0.05, 0) is 55.2 Å². The molecule has 0 radical (unpaired) electrons. The van der Waals surface area contributed by atoms with Gasteiger partial charge in [0.15, 0.2) is 6.61 Å². The largest absolute Gasteiger partial charge is 0.484 e. The van der Waals surface area contributed by atoms with Crippen LogP contribution in [-0.2, 0) is 22.4 Å². The van der Waals surface area contributed by atoms with Gasteiger partial charge in [0.1, 0.15) is 5.75 Å². The molecule has 7 nitrogen and oxygen atoms in total. The van der Waals surface area contributed by atoms with Gasteiger partial charge in [-0.25, -0.2) is 4.68 Å². The third-order valence-corrected chi connectivity index (χ3v) is 4.64. The molecule has 156 valence electrons. The van der Waals surface area contributed by atoms with E-state index in [-0.39, 0.29) is 24.8 Å². The molecule has 0 bridgehead atoms. The molecular formula is C23H26N4O3. The molecule has 0 unspecified atom stereocenters. The highest BCUT2D eigenvalue weighted by atomic mass is 16.5. The molecule has 0 saturated heterocycles. The number of nitrogens with zero attached hydrogens (tertiary/aromatic N) is 2. The number of hydrogen-bond donors (Lipinski definition) is 2. The van der Waals surface area contributed by atoms with Crippen LogP contribution in [0.15, 0.2) is 60.8 Å². The second kappa shape index (κ2) is 10.2. The maximum Gasteiger partial charge on any atom is 0.257 e. The van der Waals surface area contributed by atoms with Gasteiger partial charge in [0.25, 0.3) is 5.91 Å². The smallest absolute Gasteiger partial charge is 0.257 e. The number of amides is 2. The predicted molar refractivity (Wildman–Crippen MR) is 114 cm³/mol. The second-order valence-corrected chi connectivity index (χ2v) is 7.05. The quantitative estimate of drug-likeness (QED) is 0.505. The summed E-state index contributed by atoms with van der Waals surface area (Å²) in [6, 6.07) is 16.9. The molecule has 7 heteroatoms. The Balaban J connectivity index is 1.38. The Hall–Kier alpha value is -3.61. The Labute approximate surface area is 175 Å². The van der Waals surface area contributed by atoms with Crippen LogP contribution in [0.3, 0.4) is 0 Å². The Bertz CT molecular complexity index is 981. The highest BCUT2D eigenvalue weighted by Crippen LogP contribution is 2.14. The van der Waals surface area contributed by atoms with Gasteiger partial charge in [-0.1, -0.05) is 30.3 Å². The van der Waals surface area contributed by atoms with Crippen molar-refractivity contribution in [2.24, 2.45) is 5.73 Å². The van der Waals surface area contributed by atoms with Crippen LogP contribution >= 0.6 is 0 Å². The minimum absolute atomic E-state index is 0.0554. The molecule has 1 heterocycles. The monoisotopic (exact) mass is 406 g/mol. The fourth-order valence-corrected chi connectivity index (χ4v) is 3.07. The highest BCUT2D eigenvalue weighted by Gasteiger charge is 2.07. The number of benzene rings is 2. The first-order valence-corrected chi connectivity index (χ1v) is 9.88. The number of primary amides is 1. The molecule has 30 heavy (non-hydrogen) atoms. The number of nitrogens with one attached hydrogen (secondary N) is 1. The Kier molecular flexibility index (Phi) is 7.21.